The molecule has 1 saturated heterocycles. The molecule has 0 spiro atoms. The molecule has 116 valence electrons. The van der Waals surface area contributed by atoms with Crippen LogP contribution >= 0.6 is 0 Å². The number of anilines is 1. The first-order valence-electron chi connectivity index (χ1n) is 6.86. The Morgan fingerprint density at radius 3 is 2.62 bits per heavy atom. The predicted octanol–water partition coefficient (Wildman–Crippen LogP) is 1.16. The van der Waals surface area contributed by atoms with Crippen LogP contribution in [0.5, 0.6) is 0 Å². The number of carboxylic acids is 1. The summed E-state index contributed by atoms with van der Waals surface area (Å²) in [4.78, 5) is 13.1. The van der Waals surface area contributed by atoms with E-state index in [2.05, 4.69) is 0 Å². The molecule has 1 atom stereocenters. The Morgan fingerprint density at radius 1 is 1.38 bits per heavy atom. The van der Waals surface area contributed by atoms with Gasteiger partial charge in [0.25, 0.3) is 0 Å². The van der Waals surface area contributed by atoms with Crippen molar-refractivity contribution < 1.29 is 23.1 Å². The maximum absolute atomic E-state index is 11.9. The van der Waals surface area contributed by atoms with Gasteiger partial charge in [0, 0.05) is 12.2 Å². The molecular formula is C14H19NO5S. The van der Waals surface area contributed by atoms with Crippen molar-refractivity contribution in [1.29, 1.82) is 0 Å². The van der Waals surface area contributed by atoms with Gasteiger partial charge in [-0.2, -0.15) is 0 Å². The molecule has 1 aliphatic heterocycles. The highest BCUT2D eigenvalue weighted by Gasteiger charge is 2.26. The van der Waals surface area contributed by atoms with Gasteiger partial charge in [0.05, 0.1) is 23.8 Å². The third kappa shape index (κ3) is 3.74. The van der Waals surface area contributed by atoms with Crippen LogP contribution in [-0.4, -0.2) is 51.0 Å². The normalized spacial score (nSPS) is 19.5. The van der Waals surface area contributed by atoms with E-state index < -0.39 is 21.9 Å². The molecule has 21 heavy (non-hydrogen) atoms. The van der Waals surface area contributed by atoms with Gasteiger partial charge < -0.3 is 14.7 Å². The van der Waals surface area contributed by atoms with Gasteiger partial charge in [-0.1, -0.05) is 6.92 Å². The van der Waals surface area contributed by atoms with Crippen LogP contribution < -0.4 is 4.90 Å². The fourth-order valence-corrected chi connectivity index (χ4v) is 3.61. The molecule has 2 rings (SSSR count). The lowest BCUT2D eigenvalue weighted by Gasteiger charge is -2.32. The monoisotopic (exact) mass is 313 g/mol. The smallest absolute Gasteiger partial charge is 0.334 e. The predicted molar refractivity (Wildman–Crippen MR) is 78.4 cm³/mol. The molecule has 0 bridgehead atoms. The largest absolute Gasteiger partial charge is 0.479 e. The van der Waals surface area contributed by atoms with E-state index >= 15 is 0 Å². The number of sulfone groups is 1. The van der Waals surface area contributed by atoms with Crippen LogP contribution in [-0.2, 0) is 19.4 Å². The lowest BCUT2D eigenvalue weighted by Crippen LogP contribution is -2.46. The van der Waals surface area contributed by atoms with Crippen molar-refractivity contribution in [2.45, 2.75) is 24.3 Å². The quantitative estimate of drug-likeness (QED) is 0.878. The summed E-state index contributed by atoms with van der Waals surface area (Å²) in [7, 11) is -3.22. The van der Waals surface area contributed by atoms with E-state index in [9.17, 15) is 13.2 Å². The number of carbonyl (C=O) groups is 1. The molecule has 1 fully saturated rings. The molecule has 0 aromatic heterocycles. The van der Waals surface area contributed by atoms with E-state index in [1.165, 1.54) is 0 Å². The Balaban J connectivity index is 2.14. The number of rotatable bonds is 5. The summed E-state index contributed by atoms with van der Waals surface area (Å²) in [5.74, 6) is -0.854. The van der Waals surface area contributed by atoms with Crippen LogP contribution in [0.1, 0.15) is 13.3 Å². The zero-order valence-corrected chi connectivity index (χ0v) is 12.7. The summed E-state index contributed by atoms with van der Waals surface area (Å²) >= 11 is 0. The van der Waals surface area contributed by atoms with Crippen LogP contribution in [0.2, 0.25) is 0 Å². The van der Waals surface area contributed by atoms with E-state index in [1.54, 1.807) is 24.3 Å². The first-order valence-corrected chi connectivity index (χ1v) is 8.51. The van der Waals surface area contributed by atoms with E-state index in [1.807, 2.05) is 11.8 Å². The van der Waals surface area contributed by atoms with Crippen molar-refractivity contribution >= 4 is 21.5 Å². The zero-order valence-electron chi connectivity index (χ0n) is 11.9. The number of carboxylic acid groups (broad SMARTS) is 1. The highest BCUT2D eigenvalue weighted by Crippen LogP contribution is 2.21. The number of benzene rings is 1. The van der Waals surface area contributed by atoms with Gasteiger partial charge in [0.2, 0.25) is 0 Å². The molecule has 1 unspecified atom stereocenters. The van der Waals surface area contributed by atoms with Gasteiger partial charge >= 0.3 is 5.97 Å². The Morgan fingerprint density at radius 2 is 2.05 bits per heavy atom. The summed E-state index contributed by atoms with van der Waals surface area (Å²) in [6, 6.07) is 6.58. The molecule has 0 saturated carbocycles. The number of aliphatic carboxylic acids is 1. The Hall–Kier alpha value is -1.60. The SMILES string of the molecule is CCCS(=O)(=O)c1ccc(N2CCOC(C(=O)O)C2)cc1. The molecule has 7 heteroatoms. The van der Waals surface area contributed by atoms with Crippen molar-refractivity contribution in [2.24, 2.45) is 0 Å². The summed E-state index contributed by atoms with van der Waals surface area (Å²) in [5, 5.41) is 8.98. The summed E-state index contributed by atoms with van der Waals surface area (Å²) in [6.45, 7) is 3.01. The third-order valence-corrected chi connectivity index (χ3v) is 5.31. The van der Waals surface area contributed by atoms with Gasteiger partial charge in [0.1, 0.15) is 0 Å². The Labute approximate surface area is 124 Å². The van der Waals surface area contributed by atoms with Gasteiger partial charge in [0.15, 0.2) is 15.9 Å². The summed E-state index contributed by atoms with van der Waals surface area (Å²) in [6.07, 6.45) is -0.268. The molecule has 0 aliphatic carbocycles. The summed E-state index contributed by atoms with van der Waals surface area (Å²) < 4.78 is 29.1. The number of ether oxygens (including phenoxy) is 1. The average molecular weight is 313 g/mol. The van der Waals surface area contributed by atoms with Crippen molar-refractivity contribution in [2.75, 3.05) is 30.3 Å². The first kappa shape index (κ1) is 15.8. The van der Waals surface area contributed by atoms with Crippen LogP contribution in [0, 0.1) is 0 Å². The fraction of sp³-hybridized carbons (Fsp3) is 0.500. The van der Waals surface area contributed by atoms with Gasteiger partial charge in [-0.05, 0) is 30.7 Å². The molecular weight excluding hydrogens is 294 g/mol. The fourth-order valence-electron chi connectivity index (χ4n) is 2.28. The maximum Gasteiger partial charge on any atom is 0.334 e. The van der Waals surface area contributed by atoms with Crippen molar-refractivity contribution in [3.05, 3.63) is 24.3 Å². The number of hydrogen-bond acceptors (Lipinski definition) is 5. The van der Waals surface area contributed by atoms with E-state index in [0.29, 0.717) is 24.5 Å². The highest BCUT2D eigenvalue weighted by atomic mass is 32.2. The second kappa shape index (κ2) is 6.44. The Bertz CT molecular complexity index is 596. The minimum absolute atomic E-state index is 0.130. The highest BCUT2D eigenvalue weighted by molar-refractivity contribution is 7.91. The minimum atomic E-state index is -3.22. The average Bonchev–Trinajstić information content (AvgIpc) is 2.47. The topological polar surface area (TPSA) is 83.9 Å². The van der Waals surface area contributed by atoms with Crippen LogP contribution in [0.15, 0.2) is 29.2 Å². The molecule has 1 heterocycles. The molecule has 1 aromatic carbocycles. The van der Waals surface area contributed by atoms with E-state index in [-0.39, 0.29) is 12.3 Å². The van der Waals surface area contributed by atoms with E-state index in [4.69, 9.17) is 9.84 Å². The maximum atomic E-state index is 11.9. The van der Waals surface area contributed by atoms with Gasteiger partial charge in [-0.15, -0.1) is 0 Å². The molecule has 1 N–H and O–H groups in total. The van der Waals surface area contributed by atoms with Gasteiger partial charge in [-0.25, -0.2) is 13.2 Å². The molecule has 1 aromatic rings. The lowest BCUT2D eigenvalue weighted by atomic mass is 10.2. The zero-order chi connectivity index (χ0) is 15.5. The minimum Gasteiger partial charge on any atom is -0.479 e. The van der Waals surface area contributed by atoms with Crippen LogP contribution in [0.25, 0.3) is 0 Å². The molecule has 0 amide bonds. The second-order valence-corrected chi connectivity index (χ2v) is 7.07. The lowest BCUT2D eigenvalue weighted by molar-refractivity contribution is -0.150. The number of nitrogens with zero attached hydrogens (tertiary/aromatic N) is 1. The Kier molecular flexibility index (Phi) is 4.84. The van der Waals surface area contributed by atoms with Crippen LogP contribution in [0.4, 0.5) is 5.69 Å². The standard InChI is InChI=1S/C14H19NO5S/c1-2-9-21(18,19)12-5-3-11(4-6-12)15-7-8-20-13(10-15)14(16)17/h3-6,13H,2,7-10H2,1H3,(H,16,17). The molecule has 1 aliphatic rings. The summed E-state index contributed by atoms with van der Waals surface area (Å²) in [5.41, 5.74) is 0.806. The molecule has 0 radical (unpaired) electrons. The number of morpholine rings is 1. The van der Waals surface area contributed by atoms with Gasteiger partial charge in [-0.3, -0.25) is 0 Å². The number of hydrogen-bond donors (Lipinski definition) is 1. The third-order valence-electron chi connectivity index (χ3n) is 3.38. The second-order valence-electron chi connectivity index (χ2n) is 4.96. The van der Waals surface area contributed by atoms with E-state index in [0.717, 1.165) is 5.69 Å². The van der Waals surface area contributed by atoms with Crippen molar-refractivity contribution in [1.82, 2.24) is 0 Å². The molecule has 6 nitrogen and oxygen atoms in total. The van der Waals surface area contributed by atoms with Crippen LogP contribution in [0.3, 0.4) is 0 Å². The van der Waals surface area contributed by atoms with Crippen molar-refractivity contribution in [3.8, 4) is 0 Å². The van der Waals surface area contributed by atoms with Crippen molar-refractivity contribution in [3.63, 3.8) is 0 Å². The first-order chi connectivity index (χ1) is 9.94.